The molecular weight excluding hydrogens is 92.1 g/mol. The minimum Gasteiger partial charge on any atom is -0.247 e. The van der Waals surface area contributed by atoms with Crippen molar-refractivity contribution >= 4 is 5.97 Å². The molecule has 0 fully saturated rings. The molecule has 0 aromatic rings. The molecule has 0 aliphatic rings. The molecule has 7 heavy (non-hydrogen) atoms. The topological polar surface area (TPSA) is 37.0 Å². The lowest BCUT2D eigenvalue weighted by atomic mass is 10.1. The second kappa shape index (κ2) is 2.61. The van der Waals surface area contributed by atoms with Crippen LogP contribution in [-0.4, -0.2) is 5.97 Å². The van der Waals surface area contributed by atoms with Crippen molar-refractivity contribution < 1.29 is 9.90 Å². The van der Waals surface area contributed by atoms with Crippen LogP contribution >= 0.6 is 0 Å². The molecule has 41 valence electrons. The Morgan fingerprint density at radius 3 is 2.14 bits per heavy atom. The molecule has 0 spiro atoms. The van der Waals surface area contributed by atoms with Crippen LogP contribution in [0.2, 0.25) is 0 Å². The molecule has 0 aromatic carbocycles. The predicted molar refractivity (Wildman–Crippen MR) is 25.1 cm³/mol. The average Bonchev–Trinajstić information content (AvgIpc) is 1.65. The van der Waals surface area contributed by atoms with E-state index >= 15 is 0 Å². The Hall–Kier alpha value is -0.530. The van der Waals surface area contributed by atoms with Crippen LogP contribution in [-0.2, 0) is 9.90 Å². The van der Waals surface area contributed by atoms with Gasteiger partial charge in [0.1, 0.15) is 0 Å². The van der Waals surface area contributed by atoms with Gasteiger partial charge in [-0.3, -0.25) is 0 Å². The van der Waals surface area contributed by atoms with Gasteiger partial charge in [-0.15, -0.1) is 0 Å². The van der Waals surface area contributed by atoms with Gasteiger partial charge in [-0.25, -0.2) is 9.90 Å². The zero-order valence-corrected chi connectivity index (χ0v) is 4.60. The highest BCUT2D eigenvalue weighted by atomic mass is 16.4. The van der Waals surface area contributed by atoms with Gasteiger partial charge in [0.05, 0.1) is 5.92 Å². The fourth-order valence-electron chi connectivity index (χ4n) is 0.167. The first kappa shape index (κ1) is 6.47. The molecule has 0 rings (SSSR count). The highest BCUT2D eigenvalue weighted by molar-refractivity contribution is 5.68. The van der Waals surface area contributed by atoms with Crippen molar-refractivity contribution in [1.82, 2.24) is 0 Å². The van der Waals surface area contributed by atoms with Crippen LogP contribution in [0.25, 0.3) is 0 Å². The molecule has 2 nitrogen and oxygen atoms in total. The summed E-state index contributed by atoms with van der Waals surface area (Å²) in [4.78, 5) is 9.82. The summed E-state index contributed by atoms with van der Waals surface area (Å²) < 4.78 is 0. The van der Waals surface area contributed by atoms with E-state index in [2.05, 4.69) is 0 Å². The summed E-state index contributed by atoms with van der Waals surface area (Å²) in [5, 5.41) is 9.82. The average molecular weight is 101 g/mol. The van der Waals surface area contributed by atoms with Gasteiger partial charge in [-0.05, 0) is 6.42 Å². The molecule has 0 heterocycles. The Morgan fingerprint density at radius 2 is 2.14 bits per heavy atom. The number of carbonyl (C=O) groups is 1. The summed E-state index contributed by atoms with van der Waals surface area (Å²) >= 11 is 0. The van der Waals surface area contributed by atoms with Gasteiger partial charge in [0.25, 0.3) is 0 Å². The van der Waals surface area contributed by atoms with Crippen LogP contribution in [0.1, 0.15) is 20.3 Å². The van der Waals surface area contributed by atoms with E-state index in [0.717, 1.165) is 0 Å². The zero-order chi connectivity index (χ0) is 5.86. The van der Waals surface area contributed by atoms with Crippen LogP contribution in [0.5, 0.6) is 0 Å². The maximum atomic E-state index is 9.82. The molecule has 0 bridgehead atoms. The zero-order valence-electron chi connectivity index (χ0n) is 4.60. The van der Waals surface area contributed by atoms with Gasteiger partial charge in [0.15, 0.2) is 0 Å². The highest BCUT2D eigenvalue weighted by Crippen LogP contribution is 1.98. The molecule has 1 radical (unpaired) electrons. The number of rotatable bonds is 2. The van der Waals surface area contributed by atoms with Crippen molar-refractivity contribution in [2.75, 3.05) is 0 Å². The summed E-state index contributed by atoms with van der Waals surface area (Å²) in [5.74, 6) is -1.25. The fourth-order valence-corrected chi connectivity index (χ4v) is 0.167. The van der Waals surface area contributed by atoms with E-state index in [0.29, 0.717) is 6.42 Å². The Labute approximate surface area is 43.2 Å². The molecular formula is C5H9O2. The Kier molecular flexibility index (Phi) is 2.41. The van der Waals surface area contributed by atoms with E-state index in [1.807, 2.05) is 6.92 Å². The van der Waals surface area contributed by atoms with Crippen LogP contribution in [0.15, 0.2) is 0 Å². The van der Waals surface area contributed by atoms with Crippen molar-refractivity contribution in [3.05, 3.63) is 0 Å². The maximum Gasteiger partial charge on any atom is 0.358 e. The Bertz CT molecular complexity index is 68.5. The monoisotopic (exact) mass is 101 g/mol. The molecule has 0 amide bonds. The molecule has 0 saturated heterocycles. The second-order valence-corrected chi connectivity index (χ2v) is 1.63. The van der Waals surface area contributed by atoms with Gasteiger partial charge in [-0.2, -0.15) is 0 Å². The van der Waals surface area contributed by atoms with E-state index in [1.54, 1.807) is 6.92 Å². The summed E-state index contributed by atoms with van der Waals surface area (Å²) in [6.45, 7) is 3.45. The number of carbonyl (C=O) groups excluding carboxylic acids is 1. The van der Waals surface area contributed by atoms with E-state index in [4.69, 9.17) is 0 Å². The minimum absolute atomic E-state index is 0.292. The molecule has 1 unspecified atom stereocenters. The number of hydrogen-bond acceptors (Lipinski definition) is 1. The first-order valence-electron chi connectivity index (χ1n) is 2.39. The van der Waals surface area contributed by atoms with Crippen LogP contribution in [0, 0.1) is 5.92 Å². The minimum atomic E-state index is -0.956. The first-order chi connectivity index (χ1) is 3.18. The first-order valence-corrected chi connectivity index (χ1v) is 2.39. The molecule has 0 aromatic heterocycles. The maximum absolute atomic E-state index is 9.82. The molecule has 2 heteroatoms. The summed E-state index contributed by atoms with van der Waals surface area (Å²) in [6, 6.07) is 0. The van der Waals surface area contributed by atoms with Crippen LogP contribution in [0.3, 0.4) is 0 Å². The van der Waals surface area contributed by atoms with Crippen LogP contribution < -0.4 is 0 Å². The van der Waals surface area contributed by atoms with Gasteiger partial charge in [0, 0.05) is 0 Å². The third kappa shape index (κ3) is 2.20. The predicted octanol–water partition coefficient (Wildman–Crippen LogP) is 0.990. The molecule has 1 atom stereocenters. The Morgan fingerprint density at radius 1 is 1.71 bits per heavy atom. The third-order valence-corrected chi connectivity index (χ3v) is 1.01. The molecule has 0 N–H and O–H groups in total. The van der Waals surface area contributed by atoms with E-state index < -0.39 is 5.97 Å². The summed E-state index contributed by atoms with van der Waals surface area (Å²) in [7, 11) is 0. The van der Waals surface area contributed by atoms with E-state index in [9.17, 15) is 9.90 Å². The Balaban J connectivity index is 3.34. The standard InChI is InChI=1S/C5H9O2/c1-3-4(2)5(6)7/h4H,3H2,1-2H3. The lowest BCUT2D eigenvalue weighted by Gasteiger charge is -1.93. The second-order valence-electron chi connectivity index (χ2n) is 1.63. The van der Waals surface area contributed by atoms with Crippen molar-refractivity contribution in [3.63, 3.8) is 0 Å². The third-order valence-electron chi connectivity index (χ3n) is 1.01. The van der Waals surface area contributed by atoms with Gasteiger partial charge in [0.2, 0.25) is 0 Å². The van der Waals surface area contributed by atoms with E-state index in [1.165, 1.54) is 0 Å². The van der Waals surface area contributed by atoms with Crippen molar-refractivity contribution in [2.45, 2.75) is 20.3 Å². The SMILES string of the molecule is CCC(C)C([O])=O. The molecule has 0 aliphatic heterocycles. The van der Waals surface area contributed by atoms with E-state index in [-0.39, 0.29) is 5.92 Å². The van der Waals surface area contributed by atoms with Crippen LogP contribution in [0.4, 0.5) is 0 Å². The number of hydrogen-bond donors (Lipinski definition) is 0. The van der Waals surface area contributed by atoms with Crippen molar-refractivity contribution in [2.24, 2.45) is 5.92 Å². The largest absolute Gasteiger partial charge is 0.358 e. The normalized spacial score (nSPS) is 13.4. The van der Waals surface area contributed by atoms with Gasteiger partial charge < -0.3 is 0 Å². The summed E-state index contributed by atoms with van der Waals surface area (Å²) in [6.07, 6.45) is 0.655. The highest BCUT2D eigenvalue weighted by Gasteiger charge is 2.08. The van der Waals surface area contributed by atoms with Crippen molar-refractivity contribution in [3.8, 4) is 0 Å². The van der Waals surface area contributed by atoms with Gasteiger partial charge >= 0.3 is 5.97 Å². The lowest BCUT2D eigenvalue weighted by molar-refractivity contribution is -0.147. The molecule has 0 aliphatic carbocycles. The molecule has 0 saturated carbocycles. The van der Waals surface area contributed by atoms with Gasteiger partial charge in [-0.1, -0.05) is 13.8 Å². The smallest absolute Gasteiger partial charge is 0.247 e. The fraction of sp³-hybridized carbons (Fsp3) is 0.800. The van der Waals surface area contributed by atoms with Crippen molar-refractivity contribution in [1.29, 1.82) is 0 Å². The quantitative estimate of drug-likeness (QED) is 0.511. The summed E-state index contributed by atoms with van der Waals surface area (Å²) in [5.41, 5.74) is 0. The lowest BCUT2D eigenvalue weighted by Crippen LogP contribution is -2.05.